The molecular formula is C9H16N4OS. The first kappa shape index (κ1) is 12.1. The van der Waals surface area contributed by atoms with Crippen LogP contribution in [0.1, 0.15) is 13.3 Å². The molecule has 6 heteroatoms. The Morgan fingerprint density at radius 2 is 2.40 bits per heavy atom. The highest BCUT2D eigenvalue weighted by atomic mass is 32.2. The van der Waals surface area contributed by atoms with Gasteiger partial charge in [-0.1, -0.05) is 30.8 Å². The fourth-order valence-corrected chi connectivity index (χ4v) is 1.94. The van der Waals surface area contributed by atoms with Crippen molar-refractivity contribution in [3.63, 3.8) is 0 Å². The van der Waals surface area contributed by atoms with Gasteiger partial charge in [-0.3, -0.25) is 4.57 Å². The number of nitrogens with zero attached hydrogens (tertiary/aromatic N) is 2. The first-order valence-corrected chi connectivity index (χ1v) is 5.91. The molecule has 1 heterocycles. The molecule has 84 valence electrons. The minimum atomic E-state index is -0.137. The molecule has 0 amide bonds. The van der Waals surface area contributed by atoms with Gasteiger partial charge in [0, 0.05) is 18.8 Å². The van der Waals surface area contributed by atoms with Crippen LogP contribution in [-0.2, 0) is 6.54 Å². The zero-order valence-electron chi connectivity index (χ0n) is 8.77. The molecule has 0 radical (unpaired) electrons. The largest absolute Gasteiger partial charge is 0.343 e. The predicted octanol–water partition coefficient (Wildman–Crippen LogP) is 0.588. The van der Waals surface area contributed by atoms with E-state index in [4.69, 9.17) is 5.73 Å². The van der Waals surface area contributed by atoms with E-state index < -0.39 is 0 Å². The van der Waals surface area contributed by atoms with Gasteiger partial charge in [0.25, 0.3) is 0 Å². The second-order valence-electron chi connectivity index (χ2n) is 2.98. The van der Waals surface area contributed by atoms with Gasteiger partial charge in [0.15, 0.2) is 5.16 Å². The molecule has 0 saturated carbocycles. The van der Waals surface area contributed by atoms with Gasteiger partial charge in [0.1, 0.15) is 0 Å². The van der Waals surface area contributed by atoms with Crippen molar-refractivity contribution in [1.29, 1.82) is 0 Å². The Balaban J connectivity index is 2.60. The van der Waals surface area contributed by atoms with E-state index in [1.807, 2.05) is 19.1 Å². The molecule has 15 heavy (non-hydrogen) atoms. The number of hydrogen-bond acceptors (Lipinski definition) is 4. The van der Waals surface area contributed by atoms with Gasteiger partial charge in [-0.25, -0.2) is 9.89 Å². The van der Waals surface area contributed by atoms with Crippen LogP contribution in [0.2, 0.25) is 0 Å². The average Bonchev–Trinajstić information content (AvgIpc) is 2.57. The Kier molecular flexibility index (Phi) is 5.20. The molecular weight excluding hydrogens is 212 g/mol. The second-order valence-corrected chi connectivity index (χ2v) is 3.97. The second kappa shape index (κ2) is 6.47. The summed E-state index contributed by atoms with van der Waals surface area (Å²) in [6.07, 6.45) is 4.79. The number of thioether (sulfide) groups is 1. The fourth-order valence-electron chi connectivity index (χ4n) is 1.12. The Morgan fingerprint density at radius 1 is 1.60 bits per heavy atom. The lowest BCUT2D eigenvalue weighted by molar-refractivity contribution is 0.604. The van der Waals surface area contributed by atoms with Crippen molar-refractivity contribution in [3.05, 3.63) is 22.6 Å². The molecule has 0 unspecified atom stereocenters. The van der Waals surface area contributed by atoms with Gasteiger partial charge >= 0.3 is 5.69 Å². The van der Waals surface area contributed by atoms with Crippen LogP contribution in [0.3, 0.4) is 0 Å². The van der Waals surface area contributed by atoms with E-state index in [0.717, 1.165) is 17.3 Å². The van der Waals surface area contributed by atoms with Gasteiger partial charge in [-0.15, -0.1) is 5.10 Å². The van der Waals surface area contributed by atoms with E-state index in [2.05, 4.69) is 10.2 Å². The number of nitrogens with two attached hydrogens (primary N) is 1. The van der Waals surface area contributed by atoms with Gasteiger partial charge in [-0.05, 0) is 6.42 Å². The molecule has 0 bridgehead atoms. The summed E-state index contributed by atoms with van der Waals surface area (Å²) in [5, 5.41) is 7.15. The van der Waals surface area contributed by atoms with E-state index >= 15 is 0 Å². The Hall–Kier alpha value is -1.01. The van der Waals surface area contributed by atoms with Crippen LogP contribution in [0.25, 0.3) is 0 Å². The van der Waals surface area contributed by atoms with Crippen LogP contribution in [0, 0.1) is 0 Å². The minimum absolute atomic E-state index is 0.137. The molecule has 0 aliphatic carbocycles. The zero-order chi connectivity index (χ0) is 11.1. The van der Waals surface area contributed by atoms with Crippen LogP contribution < -0.4 is 11.4 Å². The molecule has 0 aromatic carbocycles. The minimum Gasteiger partial charge on any atom is -0.327 e. The number of aromatic nitrogens is 3. The zero-order valence-corrected chi connectivity index (χ0v) is 9.59. The molecule has 1 rings (SSSR count). The van der Waals surface area contributed by atoms with Gasteiger partial charge in [-0.2, -0.15) is 0 Å². The lowest BCUT2D eigenvalue weighted by Crippen LogP contribution is -2.17. The van der Waals surface area contributed by atoms with Crippen molar-refractivity contribution in [3.8, 4) is 0 Å². The highest BCUT2D eigenvalue weighted by Crippen LogP contribution is 2.12. The number of aromatic amines is 1. The molecule has 0 aliphatic rings. The van der Waals surface area contributed by atoms with Gasteiger partial charge in [0.2, 0.25) is 0 Å². The van der Waals surface area contributed by atoms with Gasteiger partial charge < -0.3 is 5.73 Å². The number of hydrogen-bond donors (Lipinski definition) is 2. The highest BCUT2D eigenvalue weighted by Gasteiger charge is 2.06. The molecule has 1 aromatic rings. The third-order valence-electron chi connectivity index (χ3n) is 1.78. The van der Waals surface area contributed by atoms with Crippen molar-refractivity contribution in [2.45, 2.75) is 25.0 Å². The quantitative estimate of drug-likeness (QED) is 0.552. The molecule has 0 fully saturated rings. The monoisotopic (exact) mass is 228 g/mol. The SMILES string of the molecule is CCCn1c(SCC=CCN)n[nH]c1=O. The van der Waals surface area contributed by atoms with E-state index in [-0.39, 0.29) is 5.69 Å². The highest BCUT2D eigenvalue weighted by molar-refractivity contribution is 7.99. The summed E-state index contributed by atoms with van der Waals surface area (Å²) in [5.41, 5.74) is 5.18. The third kappa shape index (κ3) is 3.56. The summed E-state index contributed by atoms with van der Waals surface area (Å²) in [7, 11) is 0. The summed E-state index contributed by atoms with van der Waals surface area (Å²) in [6, 6.07) is 0. The lowest BCUT2D eigenvalue weighted by atomic mass is 10.5. The maximum absolute atomic E-state index is 11.3. The fraction of sp³-hybridized carbons (Fsp3) is 0.556. The molecule has 3 N–H and O–H groups in total. The summed E-state index contributed by atoms with van der Waals surface area (Å²) in [5.74, 6) is 0.783. The molecule has 0 atom stereocenters. The average molecular weight is 228 g/mol. The van der Waals surface area contributed by atoms with E-state index in [1.165, 1.54) is 11.8 Å². The van der Waals surface area contributed by atoms with Crippen LogP contribution in [0.5, 0.6) is 0 Å². The summed E-state index contributed by atoms with van der Waals surface area (Å²) >= 11 is 1.53. The van der Waals surface area contributed by atoms with Gasteiger partial charge in [0.05, 0.1) is 0 Å². The van der Waals surface area contributed by atoms with Crippen molar-refractivity contribution < 1.29 is 0 Å². The topological polar surface area (TPSA) is 76.7 Å². The van der Waals surface area contributed by atoms with Crippen LogP contribution in [0.15, 0.2) is 22.1 Å². The van der Waals surface area contributed by atoms with Crippen molar-refractivity contribution in [2.24, 2.45) is 5.73 Å². The molecule has 0 saturated heterocycles. The Labute approximate surface area is 92.7 Å². The maximum Gasteiger partial charge on any atom is 0.343 e. The number of rotatable bonds is 6. The first-order chi connectivity index (χ1) is 7.29. The van der Waals surface area contributed by atoms with Crippen LogP contribution in [-0.4, -0.2) is 27.1 Å². The normalized spacial score (nSPS) is 11.3. The van der Waals surface area contributed by atoms with E-state index in [1.54, 1.807) is 4.57 Å². The van der Waals surface area contributed by atoms with Crippen LogP contribution in [0.4, 0.5) is 0 Å². The molecule has 5 nitrogen and oxygen atoms in total. The Bertz CT molecular complexity index is 368. The summed E-state index contributed by atoms with van der Waals surface area (Å²) in [6.45, 7) is 3.28. The lowest BCUT2D eigenvalue weighted by Gasteiger charge is -2.00. The predicted molar refractivity (Wildman–Crippen MR) is 62.1 cm³/mol. The summed E-state index contributed by atoms with van der Waals surface area (Å²) < 4.78 is 1.65. The smallest absolute Gasteiger partial charge is 0.327 e. The Morgan fingerprint density at radius 3 is 3.07 bits per heavy atom. The first-order valence-electron chi connectivity index (χ1n) is 4.92. The van der Waals surface area contributed by atoms with E-state index in [0.29, 0.717) is 13.1 Å². The summed E-state index contributed by atoms with van der Waals surface area (Å²) in [4.78, 5) is 11.3. The number of nitrogens with one attached hydrogen (secondary N) is 1. The molecule has 0 spiro atoms. The molecule has 0 aliphatic heterocycles. The van der Waals surface area contributed by atoms with Crippen LogP contribution >= 0.6 is 11.8 Å². The van der Waals surface area contributed by atoms with Crippen molar-refractivity contribution in [2.75, 3.05) is 12.3 Å². The van der Waals surface area contributed by atoms with E-state index in [9.17, 15) is 4.79 Å². The molecule has 1 aromatic heterocycles. The van der Waals surface area contributed by atoms with Crippen molar-refractivity contribution >= 4 is 11.8 Å². The third-order valence-corrected chi connectivity index (χ3v) is 2.71. The number of H-pyrrole nitrogens is 1. The van der Waals surface area contributed by atoms with Crippen molar-refractivity contribution in [1.82, 2.24) is 14.8 Å². The maximum atomic E-state index is 11.3. The standard InChI is InChI=1S/C9H16N4OS/c1-2-6-13-8(14)11-12-9(13)15-7-4-3-5-10/h3-4H,2,5-7,10H2,1H3,(H,11,14).